The van der Waals surface area contributed by atoms with E-state index in [1.165, 1.54) is 19.2 Å². The van der Waals surface area contributed by atoms with E-state index in [0.717, 1.165) is 6.07 Å². The average molecular weight is 373 g/mol. The second kappa shape index (κ2) is 6.84. The van der Waals surface area contributed by atoms with Gasteiger partial charge in [0.1, 0.15) is 10.7 Å². The lowest BCUT2D eigenvalue weighted by Crippen LogP contribution is -2.35. The number of hydrogen-bond donors (Lipinski definition) is 3. The number of nitrogens with one attached hydrogen (secondary N) is 2. The maximum Gasteiger partial charge on any atom is 0.335 e. The Morgan fingerprint density at radius 3 is 2.67 bits per heavy atom. The molecule has 128 valence electrons. The van der Waals surface area contributed by atoms with Gasteiger partial charge in [0.25, 0.3) is 10.0 Å². The van der Waals surface area contributed by atoms with E-state index >= 15 is 0 Å². The second-order valence-electron chi connectivity index (χ2n) is 4.44. The summed E-state index contributed by atoms with van der Waals surface area (Å²) >= 11 is 5.83. The van der Waals surface area contributed by atoms with Crippen molar-refractivity contribution < 1.29 is 17.9 Å². The molecule has 1 heterocycles. The molecule has 10 nitrogen and oxygen atoms in total. The Balaban J connectivity index is 2.20. The molecule has 0 atom stereocenters. The SMILES string of the molecule is COc1nc(C)nc(NC(=O)NS(=O)(=O)c2cc(N)ccc2Cl)n1. The van der Waals surface area contributed by atoms with Crippen molar-refractivity contribution in [2.45, 2.75) is 11.8 Å². The van der Waals surface area contributed by atoms with Gasteiger partial charge in [-0.05, 0) is 25.1 Å². The Kier molecular flexibility index (Phi) is 5.04. The molecule has 0 aliphatic heterocycles. The van der Waals surface area contributed by atoms with Gasteiger partial charge in [0.05, 0.1) is 12.1 Å². The van der Waals surface area contributed by atoms with Crippen LogP contribution >= 0.6 is 11.6 Å². The zero-order valence-electron chi connectivity index (χ0n) is 12.6. The molecule has 1 aromatic carbocycles. The number of aromatic nitrogens is 3. The Bertz CT molecular complexity index is 889. The molecule has 24 heavy (non-hydrogen) atoms. The van der Waals surface area contributed by atoms with Crippen molar-refractivity contribution in [1.29, 1.82) is 0 Å². The molecule has 0 aliphatic rings. The molecule has 0 unspecified atom stereocenters. The van der Waals surface area contributed by atoms with Gasteiger partial charge in [0, 0.05) is 5.69 Å². The number of anilines is 2. The molecule has 0 bridgehead atoms. The minimum Gasteiger partial charge on any atom is -0.467 e. The summed E-state index contributed by atoms with van der Waals surface area (Å²) < 4.78 is 31.0. The maximum atomic E-state index is 12.2. The first-order valence-corrected chi connectivity index (χ1v) is 8.23. The summed E-state index contributed by atoms with van der Waals surface area (Å²) in [6.07, 6.45) is 0. The number of nitrogen functional groups attached to an aromatic ring is 1. The van der Waals surface area contributed by atoms with Gasteiger partial charge in [-0.25, -0.2) is 17.9 Å². The Labute approximate surface area is 142 Å². The third-order valence-corrected chi connectivity index (χ3v) is 4.42. The summed E-state index contributed by atoms with van der Waals surface area (Å²) in [6.45, 7) is 1.55. The largest absolute Gasteiger partial charge is 0.467 e. The van der Waals surface area contributed by atoms with Crippen molar-refractivity contribution in [3.05, 3.63) is 29.0 Å². The van der Waals surface area contributed by atoms with E-state index in [9.17, 15) is 13.2 Å². The van der Waals surface area contributed by atoms with E-state index < -0.39 is 16.1 Å². The highest BCUT2D eigenvalue weighted by Crippen LogP contribution is 2.23. The van der Waals surface area contributed by atoms with Crippen LogP contribution in [0, 0.1) is 6.92 Å². The molecule has 0 saturated heterocycles. The molecular formula is C12H13ClN6O4S. The van der Waals surface area contributed by atoms with Crippen LogP contribution in [-0.4, -0.2) is 36.5 Å². The van der Waals surface area contributed by atoms with E-state index in [-0.39, 0.29) is 33.4 Å². The molecule has 0 saturated carbocycles. The number of ether oxygens (including phenoxy) is 1. The van der Waals surface area contributed by atoms with Crippen LogP contribution in [-0.2, 0) is 10.0 Å². The Hall–Kier alpha value is -2.66. The molecule has 1 aromatic heterocycles. The minimum absolute atomic E-state index is 0.0282. The van der Waals surface area contributed by atoms with Gasteiger partial charge in [-0.15, -0.1) is 0 Å². The lowest BCUT2D eigenvalue weighted by atomic mass is 10.3. The predicted octanol–water partition coefficient (Wildman–Crippen LogP) is 0.935. The third kappa shape index (κ3) is 4.20. The monoisotopic (exact) mass is 372 g/mol. The van der Waals surface area contributed by atoms with Gasteiger partial charge < -0.3 is 10.5 Å². The van der Waals surface area contributed by atoms with E-state index in [4.69, 9.17) is 22.1 Å². The lowest BCUT2D eigenvalue weighted by Gasteiger charge is -2.10. The highest BCUT2D eigenvalue weighted by Gasteiger charge is 2.22. The first-order valence-electron chi connectivity index (χ1n) is 6.37. The zero-order valence-corrected chi connectivity index (χ0v) is 14.1. The Morgan fingerprint density at radius 1 is 1.29 bits per heavy atom. The summed E-state index contributed by atoms with van der Waals surface area (Å²) in [5, 5.41) is 2.09. The number of rotatable bonds is 4. The molecule has 2 aromatic rings. The van der Waals surface area contributed by atoms with E-state index in [2.05, 4.69) is 20.3 Å². The predicted molar refractivity (Wildman–Crippen MR) is 86.3 cm³/mol. The number of nitrogens with zero attached hydrogens (tertiary/aromatic N) is 3. The van der Waals surface area contributed by atoms with Crippen LogP contribution in [0.3, 0.4) is 0 Å². The second-order valence-corrected chi connectivity index (χ2v) is 6.50. The number of nitrogens with two attached hydrogens (primary N) is 1. The van der Waals surface area contributed by atoms with Crippen LogP contribution in [0.15, 0.2) is 23.1 Å². The van der Waals surface area contributed by atoms with Crippen LogP contribution < -0.4 is 20.5 Å². The fraction of sp³-hybridized carbons (Fsp3) is 0.167. The standard InChI is InChI=1S/C12H13ClN6O4S/c1-6-15-10(18-12(16-6)23-2)17-11(20)19-24(21,22)9-5-7(14)3-4-8(9)13/h3-5H,14H2,1-2H3,(H2,15,16,17,18,19,20). The van der Waals surface area contributed by atoms with Gasteiger partial charge >= 0.3 is 12.0 Å². The van der Waals surface area contributed by atoms with Gasteiger partial charge in [0.15, 0.2) is 0 Å². The van der Waals surface area contributed by atoms with Gasteiger partial charge in [-0.2, -0.15) is 15.0 Å². The highest BCUT2D eigenvalue weighted by molar-refractivity contribution is 7.90. The van der Waals surface area contributed by atoms with Crippen LogP contribution in [0.1, 0.15) is 5.82 Å². The van der Waals surface area contributed by atoms with Crippen molar-refractivity contribution in [3.63, 3.8) is 0 Å². The van der Waals surface area contributed by atoms with Gasteiger partial charge in [-0.3, -0.25) is 5.32 Å². The number of urea groups is 1. The molecule has 4 N–H and O–H groups in total. The Morgan fingerprint density at radius 2 is 2.00 bits per heavy atom. The topological polar surface area (TPSA) is 149 Å². The summed E-state index contributed by atoms with van der Waals surface area (Å²) in [5.41, 5.74) is 5.71. The number of halogens is 1. The van der Waals surface area contributed by atoms with Crippen molar-refractivity contribution in [3.8, 4) is 6.01 Å². The van der Waals surface area contributed by atoms with E-state index in [1.807, 2.05) is 0 Å². The molecule has 0 spiro atoms. The summed E-state index contributed by atoms with van der Waals surface area (Å²) in [5.74, 6) is 0.101. The van der Waals surface area contributed by atoms with Crippen LogP contribution in [0.4, 0.5) is 16.4 Å². The summed E-state index contributed by atoms with van der Waals surface area (Å²) in [6, 6.07) is 2.76. The number of aryl methyl sites for hydroxylation is 1. The normalized spacial score (nSPS) is 11.0. The molecule has 2 amide bonds. The van der Waals surface area contributed by atoms with Crippen molar-refractivity contribution >= 4 is 39.3 Å². The zero-order chi connectivity index (χ0) is 17.9. The van der Waals surface area contributed by atoms with Crippen molar-refractivity contribution in [2.75, 3.05) is 18.2 Å². The van der Waals surface area contributed by atoms with E-state index in [1.54, 1.807) is 11.6 Å². The average Bonchev–Trinajstić information content (AvgIpc) is 2.48. The number of hydrogen-bond acceptors (Lipinski definition) is 8. The lowest BCUT2D eigenvalue weighted by molar-refractivity contribution is 0.256. The highest BCUT2D eigenvalue weighted by atomic mass is 35.5. The van der Waals surface area contributed by atoms with E-state index in [0.29, 0.717) is 0 Å². The van der Waals surface area contributed by atoms with Gasteiger partial charge in [0.2, 0.25) is 5.95 Å². The molecular weight excluding hydrogens is 360 g/mol. The molecule has 2 rings (SSSR count). The van der Waals surface area contributed by atoms with Crippen LogP contribution in [0.5, 0.6) is 6.01 Å². The molecule has 0 radical (unpaired) electrons. The maximum absolute atomic E-state index is 12.2. The number of benzene rings is 1. The molecule has 0 fully saturated rings. The molecule has 12 heteroatoms. The molecule has 0 aliphatic carbocycles. The number of carbonyl (C=O) groups is 1. The van der Waals surface area contributed by atoms with Crippen molar-refractivity contribution in [2.24, 2.45) is 0 Å². The first-order chi connectivity index (χ1) is 11.2. The number of carbonyl (C=O) groups excluding carboxylic acids is 1. The van der Waals surface area contributed by atoms with Crippen LogP contribution in [0.2, 0.25) is 5.02 Å². The summed E-state index contributed by atoms with van der Waals surface area (Å²) in [7, 11) is -2.90. The quantitative estimate of drug-likeness (QED) is 0.671. The number of amides is 2. The van der Waals surface area contributed by atoms with Crippen LogP contribution in [0.25, 0.3) is 0 Å². The van der Waals surface area contributed by atoms with Gasteiger partial charge in [-0.1, -0.05) is 11.6 Å². The third-order valence-electron chi connectivity index (χ3n) is 2.61. The first kappa shape index (κ1) is 17.7. The van der Waals surface area contributed by atoms with Crippen molar-refractivity contribution in [1.82, 2.24) is 19.7 Å². The minimum atomic E-state index is -4.24. The smallest absolute Gasteiger partial charge is 0.335 e. The fourth-order valence-electron chi connectivity index (χ4n) is 1.63. The fourth-order valence-corrected chi connectivity index (χ4v) is 3.08. The number of sulfonamides is 1. The summed E-state index contributed by atoms with van der Waals surface area (Å²) in [4.78, 5) is 23.0. The number of methoxy groups -OCH3 is 1.